The Labute approximate surface area is 134 Å². The summed E-state index contributed by atoms with van der Waals surface area (Å²) >= 11 is 2.19. The third-order valence-electron chi connectivity index (χ3n) is 3.85. The number of benzene rings is 1. The second kappa shape index (κ2) is 7.25. The van der Waals surface area contributed by atoms with Gasteiger partial charge in [-0.2, -0.15) is 0 Å². The molecule has 0 aliphatic heterocycles. The number of halogens is 1. The van der Waals surface area contributed by atoms with Crippen LogP contribution in [-0.2, 0) is 6.42 Å². The lowest BCUT2D eigenvalue weighted by molar-refractivity contribution is 0.0969. The Hall–Kier alpha value is -0.840. The predicted octanol–water partition coefficient (Wildman–Crippen LogP) is 5.20. The minimum Gasteiger partial charge on any atom is -0.504 e. The lowest BCUT2D eigenvalue weighted by atomic mass is 9.87. The van der Waals surface area contributed by atoms with Crippen LogP contribution in [-0.4, -0.2) is 10.9 Å². The zero-order valence-corrected chi connectivity index (χ0v) is 14.1. The molecule has 2 nitrogen and oxygen atoms in total. The molecule has 1 aromatic carbocycles. The van der Waals surface area contributed by atoms with Crippen LogP contribution >= 0.6 is 22.6 Å². The first-order valence-electron chi connectivity index (χ1n) is 7.37. The number of aliphatic hydroxyl groups excluding tert-OH is 1. The van der Waals surface area contributed by atoms with Crippen LogP contribution in [0, 0.1) is 3.57 Å². The zero-order chi connectivity index (χ0) is 14.5. The lowest BCUT2D eigenvalue weighted by Crippen LogP contribution is -2.16. The zero-order valence-electron chi connectivity index (χ0n) is 11.9. The molecule has 0 bridgehead atoms. The monoisotopic (exact) mass is 384 g/mol. The topological polar surface area (TPSA) is 37.3 Å². The van der Waals surface area contributed by atoms with Crippen LogP contribution in [0.15, 0.2) is 29.5 Å². The maximum atomic E-state index is 12.2. The van der Waals surface area contributed by atoms with Crippen molar-refractivity contribution < 1.29 is 9.90 Å². The Bertz CT molecular complexity index is 532. The maximum Gasteiger partial charge on any atom is 0.227 e. The summed E-state index contributed by atoms with van der Waals surface area (Å²) in [4.78, 5) is 12.2. The van der Waals surface area contributed by atoms with E-state index in [0.29, 0.717) is 5.56 Å². The van der Waals surface area contributed by atoms with Crippen molar-refractivity contribution in [2.75, 3.05) is 0 Å². The van der Waals surface area contributed by atoms with Crippen LogP contribution in [0.3, 0.4) is 0 Å². The molecule has 0 heterocycles. The largest absolute Gasteiger partial charge is 0.504 e. The fourth-order valence-corrected chi connectivity index (χ4v) is 3.16. The van der Waals surface area contributed by atoms with Crippen LogP contribution in [0.4, 0.5) is 0 Å². The number of rotatable bonds is 6. The molecular formula is C17H21IO2. The van der Waals surface area contributed by atoms with E-state index in [-0.39, 0.29) is 11.5 Å². The molecule has 0 saturated heterocycles. The Morgan fingerprint density at radius 3 is 2.70 bits per heavy atom. The average Bonchev–Trinajstić information content (AvgIpc) is 2.44. The van der Waals surface area contributed by atoms with E-state index in [0.717, 1.165) is 34.0 Å². The molecule has 1 aliphatic rings. The highest BCUT2D eigenvalue weighted by atomic mass is 127. The van der Waals surface area contributed by atoms with Gasteiger partial charge in [0, 0.05) is 9.13 Å². The molecule has 1 aliphatic carbocycles. The van der Waals surface area contributed by atoms with Crippen molar-refractivity contribution in [1.82, 2.24) is 0 Å². The van der Waals surface area contributed by atoms with Crippen molar-refractivity contribution in [2.45, 2.75) is 51.9 Å². The van der Waals surface area contributed by atoms with Crippen molar-refractivity contribution in [3.8, 4) is 0 Å². The van der Waals surface area contributed by atoms with Gasteiger partial charge in [0.1, 0.15) is 0 Å². The van der Waals surface area contributed by atoms with Gasteiger partial charge in [-0.15, -0.1) is 0 Å². The van der Waals surface area contributed by atoms with Gasteiger partial charge in [-0.1, -0.05) is 38.7 Å². The normalized spacial score (nSPS) is 14.6. The molecule has 0 atom stereocenters. The molecule has 20 heavy (non-hydrogen) atoms. The van der Waals surface area contributed by atoms with Crippen LogP contribution < -0.4 is 0 Å². The van der Waals surface area contributed by atoms with Gasteiger partial charge in [0.05, 0.1) is 0 Å². The summed E-state index contributed by atoms with van der Waals surface area (Å²) in [6.07, 6.45) is 7.55. The fourth-order valence-electron chi connectivity index (χ4n) is 2.66. The molecule has 1 aromatic rings. The van der Waals surface area contributed by atoms with Gasteiger partial charge in [0.15, 0.2) is 5.76 Å². The number of allylic oxidation sites excluding steroid dienone is 2. The summed E-state index contributed by atoms with van der Waals surface area (Å²) in [5, 5.41) is 10.1. The molecule has 0 fully saturated rings. The molecule has 2 rings (SSSR count). The average molecular weight is 384 g/mol. The molecule has 0 aromatic heterocycles. The van der Waals surface area contributed by atoms with E-state index in [9.17, 15) is 9.90 Å². The van der Waals surface area contributed by atoms with E-state index in [4.69, 9.17) is 0 Å². The van der Waals surface area contributed by atoms with Crippen molar-refractivity contribution in [1.29, 1.82) is 0 Å². The Balaban J connectivity index is 2.03. The number of Topliss-reactive ketones (excluding diaryl/α,β-unsaturated/α-hetero) is 1. The number of carbonyl (C=O) groups is 1. The molecule has 3 heteroatoms. The van der Waals surface area contributed by atoms with E-state index < -0.39 is 0 Å². The van der Waals surface area contributed by atoms with E-state index in [2.05, 4.69) is 29.5 Å². The number of aliphatic hydroxyl groups is 1. The quantitative estimate of drug-likeness (QED) is 0.541. The standard InChI is InChI=1S/C17H21IO2/c1-2-3-4-5-6-7-13-10-12-8-9-14(18)11-15(12)17(20)16(13)19/h8-9,11,19H,2-7,10H2,1H3. The Morgan fingerprint density at radius 1 is 1.20 bits per heavy atom. The van der Waals surface area contributed by atoms with Gasteiger partial charge < -0.3 is 5.11 Å². The van der Waals surface area contributed by atoms with Crippen molar-refractivity contribution >= 4 is 28.4 Å². The minimum absolute atomic E-state index is 0.00464. The molecule has 1 N–H and O–H groups in total. The van der Waals surface area contributed by atoms with E-state index >= 15 is 0 Å². The van der Waals surface area contributed by atoms with E-state index in [1.54, 1.807) is 0 Å². The third-order valence-corrected chi connectivity index (χ3v) is 4.52. The Kier molecular flexibility index (Phi) is 5.64. The maximum absolute atomic E-state index is 12.2. The van der Waals surface area contributed by atoms with Gasteiger partial charge >= 0.3 is 0 Å². The van der Waals surface area contributed by atoms with Gasteiger partial charge in [0.2, 0.25) is 5.78 Å². The minimum atomic E-state index is -0.201. The highest BCUT2D eigenvalue weighted by Crippen LogP contribution is 2.29. The number of unbranched alkanes of at least 4 members (excludes halogenated alkanes) is 4. The molecule has 0 spiro atoms. The summed E-state index contributed by atoms with van der Waals surface area (Å²) in [5.41, 5.74) is 2.64. The number of fused-ring (bicyclic) bond motifs is 1. The number of ketones is 1. The molecule has 108 valence electrons. The van der Waals surface area contributed by atoms with Crippen molar-refractivity contribution in [2.24, 2.45) is 0 Å². The van der Waals surface area contributed by atoms with Crippen LogP contribution in [0.5, 0.6) is 0 Å². The SMILES string of the molecule is CCCCCCCC1=C(O)C(=O)c2cc(I)ccc2C1. The van der Waals surface area contributed by atoms with Crippen LogP contribution in [0.25, 0.3) is 0 Å². The molecule has 0 unspecified atom stereocenters. The van der Waals surface area contributed by atoms with Crippen LogP contribution in [0.1, 0.15) is 61.4 Å². The summed E-state index contributed by atoms with van der Waals surface area (Å²) in [6, 6.07) is 5.90. The molecule has 0 amide bonds. The van der Waals surface area contributed by atoms with Gasteiger partial charge in [-0.25, -0.2) is 0 Å². The van der Waals surface area contributed by atoms with Crippen molar-refractivity contribution in [3.05, 3.63) is 44.2 Å². The lowest BCUT2D eigenvalue weighted by Gasteiger charge is -2.19. The Morgan fingerprint density at radius 2 is 1.95 bits per heavy atom. The van der Waals surface area contributed by atoms with Crippen molar-refractivity contribution in [3.63, 3.8) is 0 Å². The highest BCUT2D eigenvalue weighted by Gasteiger charge is 2.25. The predicted molar refractivity (Wildman–Crippen MR) is 90.2 cm³/mol. The van der Waals surface area contributed by atoms with E-state index in [1.165, 1.54) is 25.7 Å². The smallest absolute Gasteiger partial charge is 0.227 e. The van der Waals surface area contributed by atoms with Gasteiger partial charge in [0.25, 0.3) is 0 Å². The molecule has 0 saturated carbocycles. The summed E-state index contributed by atoms with van der Waals surface area (Å²) in [6.45, 7) is 2.20. The fraction of sp³-hybridized carbons (Fsp3) is 0.471. The summed E-state index contributed by atoms with van der Waals surface area (Å²) in [7, 11) is 0. The first-order valence-corrected chi connectivity index (χ1v) is 8.45. The van der Waals surface area contributed by atoms with Crippen LogP contribution in [0.2, 0.25) is 0 Å². The summed E-state index contributed by atoms with van der Waals surface area (Å²) < 4.78 is 1.03. The first kappa shape index (κ1) is 15.5. The highest BCUT2D eigenvalue weighted by molar-refractivity contribution is 14.1. The molecular weight excluding hydrogens is 363 g/mol. The second-order valence-electron chi connectivity index (χ2n) is 5.42. The number of hydrogen-bond acceptors (Lipinski definition) is 2. The first-order chi connectivity index (χ1) is 9.63. The second-order valence-corrected chi connectivity index (χ2v) is 6.67. The van der Waals surface area contributed by atoms with E-state index in [1.807, 2.05) is 18.2 Å². The van der Waals surface area contributed by atoms with Gasteiger partial charge in [-0.3, -0.25) is 4.79 Å². The molecule has 0 radical (unpaired) electrons. The number of hydrogen-bond donors (Lipinski definition) is 1. The van der Waals surface area contributed by atoms with Gasteiger partial charge in [-0.05, 0) is 65.1 Å². The third kappa shape index (κ3) is 3.62. The number of carbonyl (C=O) groups excluding carboxylic acids is 1. The summed E-state index contributed by atoms with van der Waals surface area (Å²) in [5.74, 6) is -0.205.